The van der Waals surface area contributed by atoms with Gasteiger partial charge in [0, 0.05) is 18.0 Å². The number of piperidine rings is 1. The van der Waals surface area contributed by atoms with Crippen LogP contribution in [0, 0.1) is 11.7 Å². The molecule has 0 bridgehead atoms. The molecule has 130 valence electrons. The van der Waals surface area contributed by atoms with E-state index in [1.165, 1.54) is 19.5 Å². The zero-order valence-corrected chi connectivity index (χ0v) is 14.3. The summed E-state index contributed by atoms with van der Waals surface area (Å²) in [5.41, 5.74) is 0.570. The number of methoxy groups -OCH3 is 1. The largest absolute Gasteiger partial charge is 0.494 e. The van der Waals surface area contributed by atoms with E-state index in [1.807, 2.05) is 12.1 Å². The smallest absolute Gasteiger partial charge is 0.167 e. The molecular weight excluding hydrogens is 321 g/mol. The Bertz CT molecular complexity index is 882. The predicted octanol–water partition coefficient (Wildman–Crippen LogP) is 4.35. The van der Waals surface area contributed by atoms with Crippen molar-refractivity contribution in [1.29, 1.82) is 0 Å². The minimum Gasteiger partial charge on any atom is -0.494 e. The summed E-state index contributed by atoms with van der Waals surface area (Å²) in [5, 5.41) is 0.784. The van der Waals surface area contributed by atoms with Gasteiger partial charge in [0.1, 0.15) is 17.9 Å². The van der Waals surface area contributed by atoms with Crippen LogP contribution in [0.3, 0.4) is 0 Å². The Morgan fingerprint density at radius 2 is 2.20 bits per heavy atom. The molecule has 1 aliphatic rings. The van der Waals surface area contributed by atoms with E-state index in [1.54, 1.807) is 12.3 Å². The lowest BCUT2D eigenvalue weighted by Gasteiger charge is -2.38. The van der Waals surface area contributed by atoms with Crippen LogP contribution in [0.25, 0.3) is 10.9 Å². The molecule has 2 aromatic heterocycles. The van der Waals surface area contributed by atoms with Crippen molar-refractivity contribution in [3.8, 4) is 5.75 Å². The first kappa shape index (κ1) is 15.9. The van der Waals surface area contributed by atoms with Crippen molar-refractivity contribution < 1.29 is 13.5 Å². The monoisotopic (exact) mass is 341 g/mol. The molecule has 0 N–H and O–H groups in total. The van der Waals surface area contributed by atoms with Crippen molar-refractivity contribution in [3.05, 3.63) is 48.4 Å². The van der Waals surface area contributed by atoms with Crippen LogP contribution in [-0.4, -0.2) is 23.6 Å². The van der Waals surface area contributed by atoms with Crippen LogP contribution in [0.1, 0.15) is 31.6 Å². The molecule has 2 unspecified atom stereocenters. The summed E-state index contributed by atoms with van der Waals surface area (Å²) >= 11 is 0. The third-order valence-corrected chi connectivity index (χ3v) is 4.90. The van der Waals surface area contributed by atoms with Crippen LogP contribution in [-0.2, 0) is 0 Å². The maximum atomic E-state index is 14.0. The minimum atomic E-state index is -0.422. The standard InChI is InChI=1S/C19H20FN3O2/c1-12-5-6-23(16(8-12)17-4-3-7-25-17)19-13-9-18(24-2)14(20)10-15(13)21-11-22-19/h3-4,7,9-12,16H,5-6,8H2,1-2H3. The van der Waals surface area contributed by atoms with Gasteiger partial charge in [-0.1, -0.05) is 6.92 Å². The first-order valence-corrected chi connectivity index (χ1v) is 8.45. The van der Waals surface area contributed by atoms with Gasteiger partial charge in [-0.3, -0.25) is 0 Å². The Balaban J connectivity index is 1.84. The van der Waals surface area contributed by atoms with Crippen LogP contribution in [0.5, 0.6) is 5.75 Å². The van der Waals surface area contributed by atoms with E-state index in [4.69, 9.17) is 9.15 Å². The van der Waals surface area contributed by atoms with Gasteiger partial charge in [0.15, 0.2) is 11.6 Å². The topological polar surface area (TPSA) is 51.4 Å². The molecule has 1 fully saturated rings. The molecule has 1 saturated heterocycles. The molecule has 1 aromatic carbocycles. The molecule has 0 aliphatic carbocycles. The number of ether oxygens (including phenoxy) is 1. The number of benzene rings is 1. The number of anilines is 1. The van der Waals surface area contributed by atoms with Crippen LogP contribution in [0.2, 0.25) is 0 Å². The molecule has 5 nitrogen and oxygen atoms in total. The fraction of sp³-hybridized carbons (Fsp3) is 0.368. The Hall–Kier alpha value is -2.63. The highest BCUT2D eigenvalue weighted by molar-refractivity contribution is 5.90. The summed E-state index contributed by atoms with van der Waals surface area (Å²) in [4.78, 5) is 11.0. The fourth-order valence-electron chi connectivity index (χ4n) is 3.58. The lowest BCUT2D eigenvalue weighted by Crippen LogP contribution is -2.36. The SMILES string of the molecule is COc1cc2c(N3CCC(C)CC3c3ccco3)ncnc2cc1F. The summed E-state index contributed by atoms with van der Waals surface area (Å²) < 4.78 is 24.9. The Morgan fingerprint density at radius 3 is 2.96 bits per heavy atom. The second-order valence-corrected chi connectivity index (χ2v) is 6.56. The molecule has 2 atom stereocenters. The van der Waals surface area contributed by atoms with E-state index >= 15 is 0 Å². The van der Waals surface area contributed by atoms with Gasteiger partial charge in [0.2, 0.25) is 0 Å². The van der Waals surface area contributed by atoms with Crippen molar-refractivity contribution >= 4 is 16.7 Å². The molecule has 0 radical (unpaired) electrons. The predicted molar refractivity (Wildman–Crippen MR) is 93.2 cm³/mol. The van der Waals surface area contributed by atoms with E-state index in [0.717, 1.165) is 36.4 Å². The molecule has 3 heterocycles. The van der Waals surface area contributed by atoms with E-state index in [0.29, 0.717) is 11.4 Å². The van der Waals surface area contributed by atoms with Gasteiger partial charge in [-0.15, -0.1) is 0 Å². The number of hydrogen-bond donors (Lipinski definition) is 0. The van der Waals surface area contributed by atoms with Gasteiger partial charge in [0.25, 0.3) is 0 Å². The zero-order chi connectivity index (χ0) is 17.4. The van der Waals surface area contributed by atoms with E-state index in [-0.39, 0.29) is 11.8 Å². The molecule has 4 rings (SSSR count). The Morgan fingerprint density at radius 1 is 1.32 bits per heavy atom. The maximum Gasteiger partial charge on any atom is 0.167 e. The third-order valence-electron chi connectivity index (χ3n) is 4.90. The lowest BCUT2D eigenvalue weighted by molar-refractivity contribution is 0.327. The van der Waals surface area contributed by atoms with Crippen LogP contribution < -0.4 is 9.64 Å². The average Bonchev–Trinajstić information content (AvgIpc) is 3.15. The molecule has 25 heavy (non-hydrogen) atoms. The van der Waals surface area contributed by atoms with Gasteiger partial charge in [0.05, 0.1) is 24.9 Å². The number of rotatable bonds is 3. The first-order chi connectivity index (χ1) is 12.2. The second kappa shape index (κ2) is 6.35. The van der Waals surface area contributed by atoms with Crippen molar-refractivity contribution in [2.24, 2.45) is 5.92 Å². The van der Waals surface area contributed by atoms with Crippen LogP contribution in [0.15, 0.2) is 41.3 Å². The number of nitrogens with zero attached hydrogens (tertiary/aromatic N) is 3. The van der Waals surface area contributed by atoms with Crippen molar-refractivity contribution in [3.63, 3.8) is 0 Å². The van der Waals surface area contributed by atoms with E-state index < -0.39 is 5.82 Å². The molecule has 0 spiro atoms. The van der Waals surface area contributed by atoms with Crippen LogP contribution in [0.4, 0.5) is 10.2 Å². The van der Waals surface area contributed by atoms with Gasteiger partial charge in [-0.2, -0.15) is 0 Å². The van der Waals surface area contributed by atoms with Gasteiger partial charge >= 0.3 is 0 Å². The number of halogens is 1. The van der Waals surface area contributed by atoms with Crippen molar-refractivity contribution in [2.45, 2.75) is 25.8 Å². The second-order valence-electron chi connectivity index (χ2n) is 6.56. The molecule has 0 amide bonds. The highest BCUT2D eigenvalue weighted by Gasteiger charge is 2.31. The number of aromatic nitrogens is 2. The highest BCUT2D eigenvalue weighted by Crippen LogP contribution is 2.39. The molecular formula is C19H20FN3O2. The highest BCUT2D eigenvalue weighted by atomic mass is 19.1. The summed E-state index contributed by atoms with van der Waals surface area (Å²) in [6.07, 6.45) is 5.24. The quantitative estimate of drug-likeness (QED) is 0.709. The normalized spacial score (nSPS) is 20.8. The van der Waals surface area contributed by atoms with E-state index in [2.05, 4.69) is 21.8 Å². The van der Waals surface area contributed by atoms with Gasteiger partial charge in [-0.05, 0) is 37.0 Å². The lowest BCUT2D eigenvalue weighted by atomic mass is 9.91. The van der Waals surface area contributed by atoms with Crippen molar-refractivity contribution in [1.82, 2.24) is 9.97 Å². The van der Waals surface area contributed by atoms with Crippen molar-refractivity contribution in [2.75, 3.05) is 18.6 Å². The summed E-state index contributed by atoms with van der Waals surface area (Å²) in [6.45, 7) is 3.11. The summed E-state index contributed by atoms with van der Waals surface area (Å²) in [5.74, 6) is 2.09. The Labute approximate surface area is 145 Å². The van der Waals surface area contributed by atoms with Gasteiger partial charge in [-0.25, -0.2) is 14.4 Å². The van der Waals surface area contributed by atoms with E-state index in [9.17, 15) is 4.39 Å². The third kappa shape index (κ3) is 2.81. The molecule has 6 heteroatoms. The Kier molecular flexibility index (Phi) is 4.03. The first-order valence-electron chi connectivity index (χ1n) is 8.45. The molecule has 3 aromatic rings. The number of furan rings is 1. The molecule has 1 aliphatic heterocycles. The van der Waals surface area contributed by atoms with Crippen LogP contribution >= 0.6 is 0 Å². The number of fused-ring (bicyclic) bond motifs is 1. The number of hydrogen-bond acceptors (Lipinski definition) is 5. The summed E-state index contributed by atoms with van der Waals surface area (Å²) in [6, 6.07) is 7.08. The maximum absolute atomic E-state index is 14.0. The minimum absolute atomic E-state index is 0.105. The fourth-order valence-corrected chi connectivity index (χ4v) is 3.58. The zero-order valence-electron chi connectivity index (χ0n) is 14.3. The average molecular weight is 341 g/mol. The van der Waals surface area contributed by atoms with Gasteiger partial charge < -0.3 is 14.1 Å². The molecule has 0 saturated carbocycles. The summed E-state index contributed by atoms with van der Waals surface area (Å²) in [7, 11) is 1.46.